The fraction of sp³-hybridized carbons (Fsp3) is 0.188. The van der Waals surface area contributed by atoms with Crippen LogP contribution in [0.25, 0.3) is 0 Å². The molecule has 0 saturated carbocycles. The lowest BCUT2D eigenvalue weighted by molar-refractivity contribution is 0.0734. The van der Waals surface area contributed by atoms with E-state index in [4.69, 9.17) is 14.2 Å². The van der Waals surface area contributed by atoms with Gasteiger partial charge in [-0.3, -0.25) is 0 Å². The first-order valence-electron chi connectivity index (χ1n) is 6.53. The molecule has 0 atom stereocenters. The Hall–Kier alpha value is -2.69. The van der Waals surface area contributed by atoms with Crippen LogP contribution in [0.3, 0.4) is 0 Å². The molecule has 1 aliphatic rings. The highest BCUT2D eigenvalue weighted by atomic mass is 16.7. The van der Waals surface area contributed by atoms with Crippen LogP contribution in [0, 0.1) is 0 Å². The van der Waals surface area contributed by atoms with Crippen molar-refractivity contribution >= 4 is 11.7 Å². The monoisotopic (exact) mass is 285 g/mol. The summed E-state index contributed by atoms with van der Waals surface area (Å²) in [6.07, 6.45) is 0. The van der Waals surface area contributed by atoms with Crippen LogP contribution in [0.2, 0.25) is 0 Å². The van der Waals surface area contributed by atoms with Crippen LogP contribution in [-0.2, 0) is 0 Å². The van der Waals surface area contributed by atoms with Gasteiger partial charge in [-0.2, -0.15) is 0 Å². The zero-order valence-corrected chi connectivity index (χ0v) is 11.8. The van der Waals surface area contributed by atoms with E-state index in [2.05, 4.69) is 0 Å². The van der Waals surface area contributed by atoms with Crippen molar-refractivity contribution in [1.82, 2.24) is 0 Å². The summed E-state index contributed by atoms with van der Waals surface area (Å²) in [4.78, 5) is 14.1. The average molecular weight is 285 g/mol. The van der Waals surface area contributed by atoms with Gasteiger partial charge in [0, 0.05) is 25.8 Å². The molecule has 108 valence electrons. The average Bonchev–Trinajstić information content (AvgIpc) is 2.95. The van der Waals surface area contributed by atoms with Gasteiger partial charge in [0.1, 0.15) is 5.75 Å². The second-order valence-corrected chi connectivity index (χ2v) is 4.85. The molecule has 1 heterocycles. The highest BCUT2D eigenvalue weighted by Gasteiger charge is 2.16. The molecular formula is C16H15NO4. The smallest absolute Gasteiger partial charge is 0.343 e. The molecule has 2 aromatic carbocycles. The topological polar surface area (TPSA) is 48.0 Å². The van der Waals surface area contributed by atoms with E-state index >= 15 is 0 Å². The maximum atomic E-state index is 12.2. The third-order valence-corrected chi connectivity index (χ3v) is 3.15. The van der Waals surface area contributed by atoms with E-state index in [9.17, 15) is 4.79 Å². The third kappa shape index (κ3) is 2.76. The minimum Gasteiger partial charge on any atom is -0.454 e. The van der Waals surface area contributed by atoms with E-state index in [1.807, 2.05) is 31.1 Å². The number of nitrogens with zero attached hydrogens (tertiary/aromatic N) is 1. The van der Waals surface area contributed by atoms with Crippen LogP contribution in [0.1, 0.15) is 10.4 Å². The maximum absolute atomic E-state index is 12.2. The normalized spacial score (nSPS) is 12.1. The molecule has 0 saturated heterocycles. The highest BCUT2D eigenvalue weighted by molar-refractivity contribution is 5.92. The molecule has 0 fully saturated rings. The molecule has 0 spiro atoms. The fourth-order valence-electron chi connectivity index (χ4n) is 2.02. The molecular weight excluding hydrogens is 270 g/mol. The molecule has 0 amide bonds. The largest absolute Gasteiger partial charge is 0.454 e. The van der Waals surface area contributed by atoms with Gasteiger partial charge in [-0.1, -0.05) is 6.07 Å². The summed E-state index contributed by atoms with van der Waals surface area (Å²) in [7, 11) is 3.84. The summed E-state index contributed by atoms with van der Waals surface area (Å²) in [6, 6.07) is 12.3. The minimum atomic E-state index is -0.405. The molecule has 0 N–H and O–H groups in total. The van der Waals surface area contributed by atoms with Crippen LogP contribution in [0.4, 0.5) is 5.69 Å². The Balaban J connectivity index is 1.78. The zero-order valence-electron chi connectivity index (χ0n) is 11.8. The van der Waals surface area contributed by atoms with Crippen molar-refractivity contribution in [2.24, 2.45) is 0 Å². The van der Waals surface area contributed by atoms with Gasteiger partial charge < -0.3 is 19.1 Å². The van der Waals surface area contributed by atoms with E-state index < -0.39 is 5.97 Å². The second kappa shape index (κ2) is 5.36. The molecule has 0 aromatic heterocycles. The molecule has 0 aliphatic carbocycles. The summed E-state index contributed by atoms with van der Waals surface area (Å²) < 4.78 is 15.8. The first kappa shape index (κ1) is 13.3. The number of ether oxygens (including phenoxy) is 3. The zero-order chi connectivity index (χ0) is 14.8. The maximum Gasteiger partial charge on any atom is 0.343 e. The second-order valence-electron chi connectivity index (χ2n) is 4.85. The molecule has 0 radical (unpaired) electrons. The summed E-state index contributed by atoms with van der Waals surface area (Å²) >= 11 is 0. The van der Waals surface area contributed by atoms with Gasteiger partial charge in [-0.05, 0) is 30.3 Å². The quantitative estimate of drug-likeness (QED) is 0.641. The molecule has 1 aliphatic heterocycles. The lowest BCUT2D eigenvalue weighted by atomic mass is 10.2. The van der Waals surface area contributed by atoms with Crippen LogP contribution >= 0.6 is 0 Å². The van der Waals surface area contributed by atoms with Crippen molar-refractivity contribution in [3.05, 3.63) is 48.0 Å². The van der Waals surface area contributed by atoms with Crippen LogP contribution in [-0.4, -0.2) is 26.9 Å². The number of fused-ring (bicyclic) bond motifs is 1. The first-order valence-corrected chi connectivity index (χ1v) is 6.53. The first-order chi connectivity index (χ1) is 10.1. The van der Waals surface area contributed by atoms with Crippen molar-refractivity contribution in [3.63, 3.8) is 0 Å². The van der Waals surface area contributed by atoms with Gasteiger partial charge in [-0.25, -0.2) is 4.79 Å². The lowest BCUT2D eigenvalue weighted by Gasteiger charge is -2.13. The van der Waals surface area contributed by atoms with Crippen molar-refractivity contribution in [2.75, 3.05) is 25.8 Å². The summed E-state index contributed by atoms with van der Waals surface area (Å²) in [5.74, 6) is 1.27. The molecule has 0 bridgehead atoms. The van der Waals surface area contributed by atoms with Gasteiger partial charge in [0.05, 0.1) is 5.56 Å². The van der Waals surface area contributed by atoms with Crippen LogP contribution < -0.4 is 19.1 Å². The lowest BCUT2D eigenvalue weighted by Crippen LogP contribution is -2.12. The number of hydrogen-bond acceptors (Lipinski definition) is 5. The predicted octanol–water partition coefficient (Wildman–Crippen LogP) is 2.70. The van der Waals surface area contributed by atoms with Gasteiger partial charge >= 0.3 is 5.97 Å². The summed E-state index contributed by atoms with van der Waals surface area (Å²) in [5.41, 5.74) is 1.44. The Kier molecular flexibility index (Phi) is 3.39. The Bertz CT molecular complexity index is 682. The third-order valence-electron chi connectivity index (χ3n) is 3.15. The van der Waals surface area contributed by atoms with Crippen LogP contribution in [0.15, 0.2) is 42.5 Å². The molecule has 5 heteroatoms. The van der Waals surface area contributed by atoms with Crippen molar-refractivity contribution in [2.45, 2.75) is 0 Å². The summed E-state index contributed by atoms with van der Waals surface area (Å²) in [6.45, 7) is 0.192. The Morgan fingerprint density at radius 2 is 1.90 bits per heavy atom. The van der Waals surface area contributed by atoms with Crippen LogP contribution in [0.5, 0.6) is 17.2 Å². The molecule has 21 heavy (non-hydrogen) atoms. The molecule has 0 unspecified atom stereocenters. The fourth-order valence-corrected chi connectivity index (χ4v) is 2.02. The number of rotatable bonds is 3. The van der Waals surface area contributed by atoms with Crippen molar-refractivity contribution < 1.29 is 19.0 Å². The number of esters is 1. The highest BCUT2D eigenvalue weighted by Crippen LogP contribution is 2.35. The van der Waals surface area contributed by atoms with Gasteiger partial charge in [0.2, 0.25) is 6.79 Å². The molecule has 2 aromatic rings. The van der Waals surface area contributed by atoms with Crippen molar-refractivity contribution in [3.8, 4) is 17.2 Å². The summed E-state index contributed by atoms with van der Waals surface area (Å²) in [5, 5.41) is 0. The number of carbonyl (C=O) groups excluding carboxylic acids is 1. The Morgan fingerprint density at radius 3 is 2.71 bits per heavy atom. The SMILES string of the molecule is CN(C)c1cccc(C(=O)Oc2ccc3c(c2)OCO3)c1. The number of benzene rings is 2. The standard InChI is InChI=1S/C16H15NO4/c1-17(2)12-5-3-4-11(8-12)16(18)21-13-6-7-14-15(9-13)20-10-19-14/h3-9H,10H2,1-2H3. The van der Waals surface area contributed by atoms with E-state index in [1.165, 1.54) is 0 Å². The number of anilines is 1. The minimum absolute atomic E-state index is 0.192. The predicted molar refractivity (Wildman–Crippen MR) is 78.3 cm³/mol. The van der Waals surface area contributed by atoms with Gasteiger partial charge in [0.25, 0.3) is 0 Å². The Labute approximate surface area is 122 Å². The van der Waals surface area contributed by atoms with E-state index in [0.29, 0.717) is 22.8 Å². The van der Waals surface area contributed by atoms with Gasteiger partial charge in [0.15, 0.2) is 11.5 Å². The number of carbonyl (C=O) groups is 1. The van der Waals surface area contributed by atoms with Gasteiger partial charge in [-0.15, -0.1) is 0 Å². The van der Waals surface area contributed by atoms with E-state index in [-0.39, 0.29) is 6.79 Å². The Morgan fingerprint density at radius 1 is 1.10 bits per heavy atom. The number of hydrogen-bond donors (Lipinski definition) is 0. The molecule has 3 rings (SSSR count). The molecule has 5 nitrogen and oxygen atoms in total. The van der Waals surface area contributed by atoms with E-state index in [1.54, 1.807) is 30.3 Å². The van der Waals surface area contributed by atoms with E-state index in [0.717, 1.165) is 5.69 Å². The van der Waals surface area contributed by atoms with Crippen molar-refractivity contribution in [1.29, 1.82) is 0 Å².